The third-order valence-electron chi connectivity index (χ3n) is 4.77. The van der Waals surface area contributed by atoms with Gasteiger partial charge in [-0.25, -0.2) is 17.6 Å². The van der Waals surface area contributed by atoms with E-state index in [1.54, 1.807) is 6.92 Å². The molecule has 0 bridgehead atoms. The van der Waals surface area contributed by atoms with Gasteiger partial charge in [-0.05, 0) is 40.3 Å². The molecule has 2 atom stereocenters. The maximum Gasteiger partial charge on any atom is 0.292 e. The van der Waals surface area contributed by atoms with E-state index in [4.69, 9.17) is 0 Å². The highest BCUT2D eigenvalue weighted by molar-refractivity contribution is 9.10. The van der Waals surface area contributed by atoms with Crippen LogP contribution in [0.3, 0.4) is 0 Å². The first kappa shape index (κ1) is 14.2. The van der Waals surface area contributed by atoms with E-state index < -0.39 is 44.5 Å². The molecule has 2 aliphatic rings. The van der Waals surface area contributed by atoms with Crippen molar-refractivity contribution in [3.63, 3.8) is 0 Å². The molecule has 3 rings (SSSR count). The van der Waals surface area contributed by atoms with Crippen molar-refractivity contribution in [2.24, 2.45) is 5.92 Å². The van der Waals surface area contributed by atoms with Gasteiger partial charge in [-0.2, -0.15) is 0 Å². The molecule has 0 heterocycles. The molecule has 0 amide bonds. The first-order chi connectivity index (χ1) is 9.07. The Morgan fingerprint density at radius 1 is 1.25 bits per heavy atom. The average Bonchev–Trinajstić information content (AvgIpc) is 3.21. The van der Waals surface area contributed by atoms with Crippen LogP contribution in [0.4, 0.5) is 17.6 Å². The topological polar surface area (TPSA) is 20.2 Å². The fourth-order valence-electron chi connectivity index (χ4n) is 2.74. The van der Waals surface area contributed by atoms with E-state index in [-0.39, 0.29) is 5.56 Å². The Morgan fingerprint density at radius 3 is 2.15 bits per heavy atom. The molecule has 1 nitrogen and oxygen atoms in total. The number of aromatic hydroxyl groups is 1. The van der Waals surface area contributed by atoms with Crippen molar-refractivity contribution < 1.29 is 22.7 Å². The summed E-state index contributed by atoms with van der Waals surface area (Å²) in [5, 5.41) is 9.85. The number of rotatable bonds is 2. The molecule has 2 fully saturated rings. The van der Waals surface area contributed by atoms with Crippen LogP contribution >= 0.6 is 15.9 Å². The summed E-state index contributed by atoms with van der Waals surface area (Å²) < 4.78 is 55.2. The summed E-state index contributed by atoms with van der Waals surface area (Å²) >= 11 is 2.80. The molecule has 1 N–H and O–H groups in total. The van der Waals surface area contributed by atoms with E-state index in [2.05, 4.69) is 15.9 Å². The SMILES string of the molecule is CC1C(F)(F)C1(F)c1cc(C2(C)CC2)c(O)c(F)c1Br. The van der Waals surface area contributed by atoms with E-state index in [0.29, 0.717) is 12.8 Å². The van der Waals surface area contributed by atoms with E-state index in [9.17, 15) is 22.7 Å². The quantitative estimate of drug-likeness (QED) is 0.758. The third kappa shape index (κ3) is 1.49. The lowest BCUT2D eigenvalue weighted by Crippen LogP contribution is -2.14. The summed E-state index contributed by atoms with van der Waals surface area (Å²) in [4.78, 5) is 0. The lowest BCUT2D eigenvalue weighted by atomic mass is 9.92. The molecule has 0 saturated heterocycles. The fourth-order valence-corrected chi connectivity index (χ4v) is 3.33. The van der Waals surface area contributed by atoms with E-state index in [1.807, 2.05) is 0 Å². The fraction of sp³-hybridized carbons (Fsp3) is 0.571. The molecule has 2 aliphatic carbocycles. The zero-order valence-corrected chi connectivity index (χ0v) is 12.5. The van der Waals surface area contributed by atoms with Gasteiger partial charge in [-0.3, -0.25) is 0 Å². The third-order valence-corrected chi connectivity index (χ3v) is 5.54. The van der Waals surface area contributed by atoms with Crippen LogP contribution in [0.15, 0.2) is 10.5 Å². The van der Waals surface area contributed by atoms with Gasteiger partial charge in [0.15, 0.2) is 11.6 Å². The lowest BCUT2D eigenvalue weighted by Gasteiger charge is -2.18. The van der Waals surface area contributed by atoms with Crippen LogP contribution in [0.1, 0.15) is 37.8 Å². The van der Waals surface area contributed by atoms with Crippen molar-refractivity contribution in [2.45, 2.75) is 43.7 Å². The molecule has 1 aromatic carbocycles. The zero-order chi connectivity index (χ0) is 15.1. The molecule has 2 unspecified atom stereocenters. The zero-order valence-electron chi connectivity index (χ0n) is 10.9. The molecular formula is C14H13BrF4O. The predicted molar refractivity (Wildman–Crippen MR) is 69.2 cm³/mol. The van der Waals surface area contributed by atoms with Gasteiger partial charge >= 0.3 is 0 Å². The molecule has 0 radical (unpaired) electrons. The van der Waals surface area contributed by atoms with Crippen molar-refractivity contribution in [3.8, 4) is 5.75 Å². The van der Waals surface area contributed by atoms with E-state index in [1.165, 1.54) is 6.07 Å². The highest BCUT2D eigenvalue weighted by Crippen LogP contribution is 2.69. The second kappa shape index (κ2) is 3.70. The van der Waals surface area contributed by atoms with Crippen molar-refractivity contribution in [1.29, 1.82) is 0 Å². The lowest BCUT2D eigenvalue weighted by molar-refractivity contribution is 0.0386. The van der Waals surface area contributed by atoms with Gasteiger partial charge in [0.05, 0.1) is 10.4 Å². The Kier molecular flexibility index (Phi) is 2.62. The number of phenols is 1. The summed E-state index contributed by atoms with van der Waals surface area (Å²) in [6.07, 6.45) is 1.43. The number of hydrogen-bond acceptors (Lipinski definition) is 1. The number of alkyl halides is 3. The number of benzene rings is 1. The summed E-state index contributed by atoms with van der Waals surface area (Å²) in [6, 6.07) is 1.19. The minimum atomic E-state index is -3.51. The van der Waals surface area contributed by atoms with Crippen molar-refractivity contribution in [2.75, 3.05) is 0 Å². The van der Waals surface area contributed by atoms with Gasteiger partial charge in [-0.1, -0.05) is 13.8 Å². The first-order valence-corrected chi connectivity index (χ1v) is 7.15. The van der Waals surface area contributed by atoms with Gasteiger partial charge in [0.1, 0.15) is 0 Å². The van der Waals surface area contributed by atoms with Crippen LogP contribution in [0, 0.1) is 11.7 Å². The van der Waals surface area contributed by atoms with E-state index in [0.717, 1.165) is 6.92 Å². The van der Waals surface area contributed by atoms with Crippen molar-refractivity contribution >= 4 is 15.9 Å². The Hall–Kier alpha value is -0.780. The maximum absolute atomic E-state index is 14.5. The summed E-state index contributed by atoms with van der Waals surface area (Å²) in [6.45, 7) is 2.88. The Bertz CT molecular complexity index is 612. The second-order valence-electron chi connectivity index (χ2n) is 6.07. The van der Waals surface area contributed by atoms with Crippen LogP contribution in [0.5, 0.6) is 5.75 Å². The standard InChI is InChI=1S/C14H13BrF4O/c1-6-13(17,14(6,18)19)7-5-8(12(2)3-4-12)11(20)10(16)9(7)15/h5-6,20H,3-4H2,1-2H3. The number of hydrogen-bond donors (Lipinski definition) is 1. The van der Waals surface area contributed by atoms with Crippen molar-refractivity contribution in [3.05, 3.63) is 27.5 Å². The molecule has 110 valence electrons. The molecule has 1 aromatic rings. The van der Waals surface area contributed by atoms with Crippen LogP contribution < -0.4 is 0 Å². The van der Waals surface area contributed by atoms with Crippen molar-refractivity contribution in [1.82, 2.24) is 0 Å². The minimum absolute atomic E-state index is 0.208. The molecule has 20 heavy (non-hydrogen) atoms. The Balaban J connectivity index is 2.21. The maximum atomic E-state index is 14.5. The number of phenolic OH excluding ortho intramolecular Hbond substituents is 1. The monoisotopic (exact) mass is 352 g/mol. The molecule has 0 aromatic heterocycles. The Morgan fingerprint density at radius 2 is 1.75 bits per heavy atom. The smallest absolute Gasteiger partial charge is 0.292 e. The Labute approximate surface area is 122 Å². The number of halogens is 5. The van der Waals surface area contributed by atoms with Crippen LogP contribution in [-0.2, 0) is 11.1 Å². The molecule has 0 spiro atoms. The minimum Gasteiger partial charge on any atom is -0.505 e. The first-order valence-electron chi connectivity index (χ1n) is 6.36. The summed E-state index contributed by atoms with van der Waals surface area (Å²) in [5.74, 6) is -6.67. The van der Waals surface area contributed by atoms with Crippen LogP contribution in [-0.4, -0.2) is 11.0 Å². The highest BCUT2D eigenvalue weighted by atomic mass is 79.9. The molecule has 2 saturated carbocycles. The molecule has 0 aliphatic heterocycles. The normalized spacial score (nSPS) is 33.0. The van der Waals surface area contributed by atoms with Crippen LogP contribution in [0.2, 0.25) is 0 Å². The van der Waals surface area contributed by atoms with Gasteiger partial charge in [-0.15, -0.1) is 0 Å². The van der Waals surface area contributed by atoms with E-state index >= 15 is 0 Å². The molecule has 6 heteroatoms. The van der Waals surface area contributed by atoms with Crippen LogP contribution in [0.25, 0.3) is 0 Å². The van der Waals surface area contributed by atoms with Gasteiger partial charge < -0.3 is 5.11 Å². The van der Waals surface area contributed by atoms with Gasteiger partial charge in [0.25, 0.3) is 5.92 Å². The van der Waals surface area contributed by atoms with Gasteiger partial charge in [0, 0.05) is 11.1 Å². The van der Waals surface area contributed by atoms with Gasteiger partial charge in [0.2, 0.25) is 5.67 Å². The second-order valence-corrected chi connectivity index (χ2v) is 6.86. The summed E-state index contributed by atoms with van der Waals surface area (Å²) in [7, 11) is 0. The summed E-state index contributed by atoms with van der Waals surface area (Å²) in [5.41, 5.74) is -3.53. The predicted octanol–water partition coefficient (Wildman–Crippen LogP) is 4.80. The molecular weight excluding hydrogens is 340 g/mol. The highest BCUT2D eigenvalue weighted by Gasteiger charge is 2.82. The largest absolute Gasteiger partial charge is 0.505 e. The average molecular weight is 353 g/mol.